The molecule has 0 amide bonds. The molecule has 0 radical (unpaired) electrons. The zero-order valence-electron chi connectivity index (χ0n) is 17.8. The smallest absolute Gasteiger partial charge is 0.192 e. The normalized spacial score (nSPS) is 24.4. The van der Waals surface area contributed by atoms with E-state index < -0.39 is 16.6 Å². The summed E-state index contributed by atoms with van der Waals surface area (Å²) < 4.78 is 13.3. The maximum Gasteiger partial charge on any atom is 0.192 e. The van der Waals surface area contributed by atoms with Gasteiger partial charge in [-0.3, -0.25) is 0 Å². The molecule has 1 aliphatic carbocycles. The van der Waals surface area contributed by atoms with Crippen LogP contribution in [0.4, 0.5) is 0 Å². The second-order valence-electron chi connectivity index (χ2n) is 10.4. The molecule has 24 heavy (non-hydrogen) atoms. The molecule has 0 unspecified atom stereocenters. The van der Waals surface area contributed by atoms with Crippen LogP contribution < -0.4 is 0 Å². The van der Waals surface area contributed by atoms with Crippen LogP contribution in [0.25, 0.3) is 0 Å². The van der Waals surface area contributed by atoms with E-state index in [9.17, 15) is 0 Å². The third-order valence-electron chi connectivity index (χ3n) is 6.30. The first-order valence-electron chi connectivity index (χ1n) is 9.20. The SMILES string of the molecule is C=C1C[C@@H](O[Si](C)(C)C(C)(C)C)C[C@H](O[Si](C)(C)C(C)(C)C)C1=C. The van der Waals surface area contributed by atoms with Gasteiger partial charge in [0.15, 0.2) is 16.6 Å². The lowest BCUT2D eigenvalue weighted by molar-refractivity contribution is 0.0971. The molecule has 2 nitrogen and oxygen atoms in total. The van der Waals surface area contributed by atoms with Crippen molar-refractivity contribution < 1.29 is 8.85 Å². The van der Waals surface area contributed by atoms with Gasteiger partial charge in [0.25, 0.3) is 0 Å². The van der Waals surface area contributed by atoms with E-state index in [1.54, 1.807) is 0 Å². The Hall–Kier alpha value is -0.166. The predicted molar refractivity (Wildman–Crippen MR) is 112 cm³/mol. The van der Waals surface area contributed by atoms with E-state index in [1.165, 1.54) is 0 Å². The lowest BCUT2D eigenvalue weighted by Gasteiger charge is -2.45. The first kappa shape index (κ1) is 21.9. The average molecular weight is 369 g/mol. The molecule has 0 saturated heterocycles. The quantitative estimate of drug-likeness (QED) is 0.516. The van der Waals surface area contributed by atoms with E-state index in [2.05, 4.69) is 80.9 Å². The van der Waals surface area contributed by atoms with Crippen molar-refractivity contribution in [2.45, 2.75) is 103 Å². The van der Waals surface area contributed by atoms with Crippen LogP contribution in [0.5, 0.6) is 0 Å². The molecule has 0 aliphatic heterocycles. The van der Waals surface area contributed by atoms with E-state index in [4.69, 9.17) is 8.85 Å². The fourth-order valence-electron chi connectivity index (χ4n) is 2.43. The maximum atomic E-state index is 6.67. The van der Waals surface area contributed by atoms with Gasteiger partial charge >= 0.3 is 0 Å². The van der Waals surface area contributed by atoms with Gasteiger partial charge in [0, 0.05) is 6.42 Å². The summed E-state index contributed by atoms with van der Waals surface area (Å²) in [6.07, 6.45) is 2.07. The Bertz CT molecular complexity index is 493. The molecule has 1 aliphatic rings. The Morgan fingerprint density at radius 1 is 0.833 bits per heavy atom. The van der Waals surface area contributed by atoms with Crippen molar-refractivity contribution in [2.75, 3.05) is 0 Å². The fourth-order valence-corrected chi connectivity index (χ4v) is 5.10. The zero-order valence-corrected chi connectivity index (χ0v) is 19.8. The molecule has 0 aromatic carbocycles. The molecular formula is C20H40O2Si2. The highest BCUT2D eigenvalue weighted by Crippen LogP contribution is 2.43. The fraction of sp³-hybridized carbons (Fsp3) is 0.800. The summed E-state index contributed by atoms with van der Waals surface area (Å²) in [6, 6.07) is 0. The van der Waals surface area contributed by atoms with Crippen LogP contribution in [0.15, 0.2) is 24.3 Å². The second kappa shape index (κ2) is 6.86. The second-order valence-corrected chi connectivity index (χ2v) is 19.9. The molecule has 0 aromatic rings. The molecule has 0 bridgehead atoms. The van der Waals surface area contributed by atoms with E-state index >= 15 is 0 Å². The molecule has 1 rings (SSSR count). The standard InChI is InChI=1S/C20H40O2Si2/c1-15-13-17(21-23(9,10)19(3,4)5)14-18(16(15)2)22-24(11,12)20(6,7)8/h17-18H,1-2,13-14H2,3-12H3/t17-,18+/m1/s1. The lowest BCUT2D eigenvalue weighted by atomic mass is 9.87. The van der Waals surface area contributed by atoms with Crippen molar-refractivity contribution in [2.24, 2.45) is 0 Å². The Labute approximate surface area is 153 Å². The molecule has 2 atom stereocenters. The molecule has 1 fully saturated rings. The maximum absolute atomic E-state index is 6.67. The van der Waals surface area contributed by atoms with Gasteiger partial charge in [-0.05, 0) is 53.8 Å². The Balaban J connectivity index is 2.93. The van der Waals surface area contributed by atoms with Crippen LogP contribution in [-0.4, -0.2) is 28.8 Å². The minimum atomic E-state index is -1.83. The first-order chi connectivity index (χ1) is 10.5. The predicted octanol–water partition coefficient (Wildman–Crippen LogP) is 6.67. The minimum absolute atomic E-state index is 0.0573. The van der Waals surface area contributed by atoms with E-state index in [1.807, 2.05) is 0 Å². The lowest BCUT2D eigenvalue weighted by Crippen LogP contribution is -2.49. The minimum Gasteiger partial charge on any atom is -0.413 e. The summed E-state index contributed by atoms with van der Waals surface area (Å²) >= 11 is 0. The third-order valence-corrected chi connectivity index (χ3v) is 15.3. The van der Waals surface area contributed by atoms with Gasteiger partial charge in [0.05, 0.1) is 12.2 Å². The molecule has 1 saturated carbocycles. The van der Waals surface area contributed by atoms with Crippen LogP contribution in [0, 0.1) is 0 Å². The number of hydrogen-bond donors (Lipinski definition) is 0. The highest BCUT2D eigenvalue weighted by molar-refractivity contribution is 6.74. The Kier molecular flexibility index (Phi) is 6.25. The summed E-state index contributed by atoms with van der Waals surface area (Å²) in [7, 11) is -3.62. The molecule has 4 heteroatoms. The Morgan fingerprint density at radius 2 is 1.25 bits per heavy atom. The van der Waals surface area contributed by atoms with Crippen molar-refractivity contribution in [3.8, 4) is 0 Å². The molecular weight excluding hydrogens is 328 g/mol. The van der Waals surface area contributed by atoms with Gasteiger partial charge in [0.2, 0.25) is 0 Å². The first-order valence-corrected chi connectivity index (χ1v) is 15.0. The van der Waals surface area contributed by atoms with Crippen molar-refractivity contribution in [1.29, 1.82) is 0 Å². The molecule has 0 spiro atoms. The van der Waals surface area contributed by atoms with Crippen molar-refractivity contribution in [3.63, 3.8) is 0 Å². The Morgan fingerprint density at radius 3 is 1.67 bits per heavy atom. The summed E-state index contributed by atoms with van der Waals surface area (Å²) in [5.41, 5.74) is 2.18. The summed E-state index contributed by atoms with van der Waals surface area (Å²) in [5, 5.41) is 0.417. The highest BCUT2D eigenvalue weighted by atomic mass is 28.4. The number of hydrogen-bond acceptors (Lipinski definition) is 2. The van der Waals surface area contributed by atoms with Gasteiger partial charge in [0.1, 0.15) is 0 Å². The van der Waals surface area contributed by atoms with Crippen LogP contribution in [-0.2, 0) is 8.85 Å². The van der Waals surface area contributed by atoms with E-state index in [-0.39, 0.29) is 22.3 Å². The molecule has 0 heterocycles. The topological polar surface area (TPSA) is 18.5 Å². The zero-order chi connectivity index (χ0) is 19.1. The molecule has 0 aromatic heterocycles. The van der Waals surface area contributed by atoms with Gasteiger partial charge < -0.3 is 8.85 Å². The van der Waals surface area contributed by atoms with Crippen LogP contribution >= 0.6 is 0 Å². The van der Waals surface area contributed by atoms with Crippen LogP contribution in [0.1, 0.15) is 54.4 Å². The summed E-state index contributed by atoms with van der Waals surface area (Å²) in [5.74, 6) is 0. The molecule has 140 valence electrons. The van der Waals surface area contributed by atoms with Crippen molar-refractivity contribution in [3.05, 3.63) is 24.3 Å². The third kappa shape index (κ3) is 4.93. The van der Waals surface area contributed by atoms with Crippen LogP contribution in [0.2, 0.25) is 36.3 Å². The van der Waals surface area contributed by atoms with Crippen molar-refractivity contribution >= 4 is 16.6 Å². The highest BCUT2D eigenvalue weighted by Gasteiger charge is 2.44. The number of rotatable bonds is 4. The summed E-state index contributed by atoms with van der Waals surface area (Å²) in [6.45, 7) is 31.5. The van der Waals surface area contributed by atoms with Crippen LogP contribution in [0.3, 0.4) is 0 Å². The van der Waals surface area contributed by atoms with Gasteiger partial charge in [-0.25, -0.2) is 0 Å². The van der Waals surface area contributed by atoms with E-state index in [0.29, 0.717) is 0 Å². The molecule has 0 N–H and O–H groups in total. The van der Waals surface area contributed by atoms with Gasteiger partial charge in [-0.15, -0.1) is 0 Å². The van der Waals surface area contributed by atoms with E-state index in [0.717, 1.165) is 24.0 Å². The van der Waals surface area contributed by atoms with Gasteiger partial charge in [-0.2, -0.15) is 0 Å². The van der Waals surface area contributed by atoms with Crippen molar-refractivity contribution in [1.82, 2.24) is 0 Å². The largest absolute Gasteiger partial charge is 0.413 e. The average Bonchev–Trinajstić information content (AvgIpc) is 2.31. The summed E-state index contributed by atoms with van der Waals surface area (Å²) in [4.78, 5) is 0. The monoisotopic (exact) mass is 368 g/mol. The van der Waals surface area contributed by atoms with Gasteiger partial charge in [-0.1, -0.05) is 54.7 Å².